The molecular weight excluding hydrogens is 222 g/mol. The number of nitrogens with two attached hydrogens (primary N) is 1. The van der Waals surface area contributed by atoms with E-state index in [0.717, 1.165) is 11.3 Å². The minimum atomic E-state index is -0.915. The smallest absolute Gasteiger partial charge is 0.118 e. The lowest BCUT2D eigenvalue weighted by molar-refractivity contribution is 0.414. The van der Waals surface area contributed by atoms with Gasteiger partial charge in [0.1, 0.15) is 5.75 Å². The van der Waals surface area contributed by atoms with Crippen molar-refractivity contribution < 1.29 is 8.95 Å². The summed E-state index contributed by atoms with van der Waals surface area (Å²) in [7, 11) is 0.714. The van der Waals surface area contributed by atoms with Crippen LogP contribution in [0.3, 0.4) is 0 Å². The van der Waals surface area contributed by atoms with Gasteiger partial charge >= 0.3 is 0 Å². The fraction of sp³-hybridized carbons (Fsp3) is 0.500. The van der Waals surface area contributed by atoms with Crippen molar-refractivity contribution in [3.63, 3.8) is 0 Å². The Morgan fingerprint density at radius 3 is 2.31 bits per heavy atom. The maximum atomic E-state index is 11.8. The molecule has 1 aromatic rings. The second kappa shape index (κ2) is 5.46. The van der Waals surface area contributed by atoms with Crippen LogP contribution < -0.4 is 10.5 Å². The standard InChI is InChI=1S/C12H19NO2S/c1-12(2,13)9-16(14)8-10-4-6-11(15-3)7-5-10/h4-7H,8-9,13H2,1-3H3. The molecule has 4 heteroatoms. The number of methoxy groups -OCH3 is 1. The van der Waals surface area contributed by atoms with Gasteiger partial charge in [-0.25, -0.2) is 0 Å². The highest BCUT2D eigenvalue weighted by Gasteiger charge is 2.15. The summed E-state index contributed by atoms with van der Waals surface area (Å²) in [5, 5.41) is 0. The quantitative estimate of drug-likeness (QED) is 0.853. The fourth-order valence-electron chi connectivity index (χ4n) is 1.37. The van der Waals surface area contributed by atoms with Crippen LogP contribution in [-0.2, 0) is 16.6 Å². The largest absolute Gasteiger partial charge is 0.497 e. The summed E-state index contributed by atoms with van der Waals surface area (Å²) >= 11 is 0. The summed E-state index contributed by atoms with van der Waals surface area (Å²) in [5.74, 6) is 1.87. The van der Waals surface area contributed by atoms with Gasteiger partial charge in [0.25, 0.3) is 0 Å². The fourth-order valence-corrected chi connectivity index (χ4v) is 2.87. The molecule has 0 spiro atoms. The Morgan fingerprint density at radius 2 is 1.88 bits per heavy atom. The molecule has 1 unspecified atom stereocenters. The van der Waals surface area contributed by atoms with Gasteiger partial charge in [0.2, 0.25) is 0 Å². The van der Waals surface area contributed by atoms with E-state index in [1.54, 1.807) is 7.11 Å². The molecule has 3 nitrogen and oxygen atoms in total. The molecule has 90 valence electrons. The van der Waals surface area contributed by atoms with E-state index < -0.39 is 10.8 Å². The van der Waals surface area contributed by atoms with Gasteiger partial charge in [-0.05, 0) is 31.5 Å². The summed E-state index contributed by atoms with van der Waals surface area (Å²) in [4.78, 5) is 0. The van der Waals surface area contributed by atoms with Crippen LogP contribution in [0.1, 0.15) is 19.4 Å². The zero-order valence-electron chi connectivity index (χ0n) is 10.0. The summed E-state index contributed by atoms with van der Waals surface area (Å²) < 4.78 is 16.8. The molecule has 0 radical (unpaired) electrons. The van der Waals surface area contributed by atoms with Crippen molar-refractivity contribution in [3.8, 4) is 5.75 Å². The summed E-state index contributed by atoms with van der Waals surface area (Å²) in [5.41, 5.74) is 6.49. The Bertz CT molecular complexity index is 354. The van der Waals surface area contributed by atoms with Crippen LogP contribution in [0, 0.1) is 0 Å². The summed E-state index contributed by atoms with van der Waals surface area (Å²) in [6, 6.07) is 7.61. The highest BCUT2D eigenvalue weighted by molar-refractivity contribution is 7.84. The van der Waals surface area contributed by atoms with Gasteiger partial charge in [0, 0.05) is 27.8 Å². The Hall–Kier alpha value is -0.870. The molecule has 1 aromatic carbocycles. The van der Waals surface area contributed by atoms with E-state index in [1.165, 1.54) is 0 Å². The molecule has 0 amide bonds. The SMILES string of the molecule is COc1ccc(CS(=O)CC(C)(C)N)cc1. The molecule has 0 saturated carbocycles. The Morgan fingerprint density at radius 1 is 1.31 bits per heavy atom. The predicted molar refractivity (Wildman–Crippen MR) is 68.0 cm³/mol. The van der Waals surface area contributed by atoms with Gasteiger partial charge in [-0.15, -0.1) is 0 Å². The summed E-state index contributed by atoms with van der Waals surface area (Å²) in [6.45, 7) is 3.78. The number of benzene rings is 1. The first-order chi connectivity index (χ1) is 7.40. The lowest BCUT2D eigenvalue weighted by Crippen LogP contribution is -2.38. The molecular formula is C12H19NO2S. The average Bonchev–Trinajstić information content (AvgIpc) is 2.16. The van der Waals surface area contributed by atoms with E-state index >= 15 is 0 Å². The third-order valence-electron chi connectivity index (χ3n) is 2.02. The number of hydrogen-bond acceptors (Lipinski definition) is 3. The van der Waals surface area contributed by atoms with Crippen LogP contribution in [0.2, 0.25) is 0 Å². The van der Waals surface area contributed by atoms with E-state index in [4.69, 9.17) is 10.5 Å². The number of ether oxygens (including phenoxy) is 1. The van der Waals surface area contributed by atoms with Gasteiger partial charge in [-0.1, -0.05) is 12.1 Å². The van der Waals surface area contributed by atoms with E-state index in [9.17, 15) is 4.21 Å². The topological polar surface area (TPSA) is 52.3 Å². The van der Waals surface area contributed by atoms with Crippen LogP contribution >= 0.6 is 0 Å². The average molecular weight is 241 g/mol. The normalized spacial score (nSPS) is 13.5. The molecule has 16 heavy (non-hydrogen) atoms. The van der Waals surface area contributed by atoms with Gasteiger partial charge in [0.05, 0.1) is 7.11 Å². The lowest BCUT2D eigenvalue weighted by Gasteiger charge is -2.17. The highest BCUT2D eigenvalue weighted by atomic mass is 32.2. The van der Waals surface area contributed by atoms with Crippen LogP contribution in [0.25, 0.3) is 0 Å². The van der Waals surface area contributed by atoms with Crippen LogP contribution in [0.5, 0.6) is 5.75 Å². The van der Waals surface area contributed by atoms with Crippen LogP contribution in [0.15, 0.2) is 24.3 Å². The minimum absolute atomic E-state index is 0.378. The van der Waals surface area contributed by atoms with Crippen molar-refractivity contribution in [2.24, 2.45) is 5.73 Å². The molecule has 0 bridgehead atoms. The molecule has 0 fully saturated rings. The molecule has 0 aliphatic carbocycles. The van der Waals surface area contributed by atoms with Crippen molar-refractivity contribution in [1.82, 2.24) is 0 Å². The molecule has 0 aliphatic rings. The molecule has 0 saturated heterocycles. The third-order valence-corrected chi connectivity index (χ3v) is 3.74. The van der Waals surface area contributed by atoms with Crippen LogP contribution in [-0.4, -0.2) is 22.6 Å². The van der Waals surface area contributed by atoms with Gasteiger partial charge in [-0.3, -0.25) is 4.21 Å². The zero-order chi connectivity index (χ0) is 12.2. The maximum Gasteiger partial charge on any atom is 0.118 e. The van der Waals surface area contributed by atoms with E-state index in [2.05, 4.69) is 0 Å². The molecule has 0 aromatic heterocycles. The van der Waals surface area contributed by atoms with E-state index in [1.807, 2.05) is 38.1 Å². The second-order valence-electron chi connectivity index (χ2n) is 4.57. The van der Waals surface area contributed by atoms with E-state index in [-0.39, 0.29) is 5.54 Å². The van der Waals surface area contributed by atoms with Gasteiger partial charge in [0.15, 0.2) is 0 Å². The first-order valence-electron chi connectivity index (χ1n) is 5.17. The minimum Gasteiger partial charge on any atom is -0.497 e. The summed E-state index contributed by atoms with van der Waals surface area (Å²) in [6.07, 6.45) is 0. The monoisotopic (exact) mass is 241 g/mol. The van der Waals surface area contributed by atoms with Crippen molar-refractivity contribution >= 4 is 10.8 Å². The second-order valence-corrected chi connectivity index (χ2v) is 6.02. The Balaban J connectivity index is 2.56. The first-order valence-corrected chi connectivity index (χ1v) is 6.66. The Kier molecular flexibility index (Phi) is 4.50. The lowest BCUT2D eigenvalue weighted by atomic mass is 10.1. The van der Waals surface area contributed by atoms with E-state index in [0.29, 0.717) is 11.5 Å². The molecule has 1 atom stereocenters. The van der Waals surface area contributed by atoms with Crippen molar-refractivity contribution in [2.45, 2.75) is 25.1 Å². The predicted octanol–water partition coefficient (Wildman–Crippen LogP) is 1.68. The van der Waals surface area contributed by atoms with Crippen molar-refractivity contribution in [3.05, 3.63) is 29.8 Å². The van der Waals surface area contributed by atoms with Crippen LogP contribution in [0.4, 0.5) is 0 Å². The first kappa shape index (κ1) is 13.2. The molecule has 0 heterocycles. The van der Waals surface area contributed by atoms with Gasteiger partial charge in [-0.2, -0.15) is 0 Å². The maximum absolute atomic E-state index is 11.8. The zero-order valence-corrected chi connectivity index (χ0v) is 10.8. The van der Waals surface area contributed by atoms with Crippen molar-refractivity contribution in [1.29, 1.82) is 0 Å². The highest BCUT2D eigenvalue weighted by Crippen LogP contribution is 2.13. The van der Waals surface area contributed by atoms with Gasteiger partial charge < -0.3 is 10.5 Å². The number of rotatable bonds is 5. The number of hydrogen-bond donors (Lipinski definition) is 1. The molecule has 0 aliphatic heterocycles. The molecule has 1 rings (SSSR count). The molecule has 2 N–H and O–H groups in total. The van der Waals surface area contributed by atoms with Crippen molar-refractivity contribution in [2.75, 3.05) is 12.9 Å². The Labute approximate surface area is 99.4 Å². The third kappa shape index (κ3) is 4.77.